The van der Waals surface area contributed by atoms with Crippen molar-refractivity contribution in [3.63, 3.8) is 0 Å². The highest BCUT2D eigenvalue weighted by molar-refractivity contribution is 9.11. The van der Waals surface area contributed by atoms with Crippen molar-refractivity contribution < 1.29 is 23.7 Å². The average Bonchev–Trinajstić information content (AvgIpc) is 3.21. The molecule has 2 aromatic carbocycles. The van der Waals surface area contributed by atoms with Crippen molar-refractivity contribution in [1.82, 2.24) is 4.57 Å². The Morgan fingerprint density at radius 1 is 1.18 bits per heavy atom. The van der Waals surface area contributed by atoms with E-state index in [1.807, 2.05) is 12.1 Å². The fourth-order valence-corrected chi connectivity index (χ4v) is 6.73. The molecule has 0 radical (unpaired) electrons. The number of rotatable bonds is 9. The van der Waals surface area contributed by atoms with Gasteiger partial charge in [0.15, 0.2) is 4.80 Å². The number of benzene rings is 2. The third-order valence-corrected chi connectivity index (χ3v) is 8.07. The minimum Gasteiger partial charge on any atom is -0.497 e. The Bertz CT molecular complexity index is 1630. The molecule has 0 aliphatic carbocycles. The fraction of sp³-hybridized carbons (Fsp3) is 0.250. The maximum atomic E-state index is 13.9. The Balaban J connectivity index is 1.95. The molecule has 4 rings (SSSR count). The first-order valence-corrected chi connectivity index (χ1v) is 14.3. The number of nitrogens with zero attached hydrogens (tertiary/aromatic N) is 2. The highest BCUT2D eigenvalue weighted by atomic mass is 79.9. The number of methoxy groups -OCH3 is 2. The molecule has 1 aliphatic rings. The molecular formula is C28H26Br2N2O6S. The van der Waals surface area contributed by atoms with Crippen LogP contribution in [0, 0.1) is 0 Å². The van der Waals surface area contributed by atoms with E-state index in [9.17, 15) is 9.59 Å². The lowest BCUT2D eigenvalue weighted by atomic mass is 9.94. The van der Waals surface area contributed by atoms with Crippen molar-refractivity contribution in [3.8, 4) is 17.2 Å². The number of halogens is 2. The molecule has 3 aromatic rings. The van der Waals surface area contributed by atoms with E-state index in [1.54, 1.807) is 51.3 Å². The molecule has 0 bridgehead atoms. The molecule has 39 heavy (non-hydrogen) atoms. The van der Waals surface area contributed by atoms with E-state index < -0.39 is 12.0 Å². The molecule has 8 nitrogen and oxygen atoms in total. The normalized spacial score (nSPS) is 14.9. The number of allylic oxidation sites excluding steroid dienone is 1. The first-order chi connectivity index (χ1) is 18.7. The van der Waals surface area contributed by atoms with Crippen LogP contribution in [0.1, 0.15) is 31.0 Å². The van der Waals surface area contributed by atoms with Gasteiger partial charge in [-0.2, -0.15) is 0 Å². The van der Waals surface area contributed by atoms with Gasteiger partial charge in [0.2, 0.25) is 0 Å². The number of ether oxygens (including phenoxy) is 4. The van der Waals surface area contributed by atoms with Gasteiger partial charge in [-0.15, -0.1) is 0 Å². The number of carbonyl (C=O) groups is 1. The molecule has 0 spiro atoms. The van der Waals surface area contributed by atoms with E-state index in [0.29, 0.717) is 44.4 Å². The number of thiazole rings is 1. The topological polar surface area (TPSA) is 88.3 Å². The summed E-state index contributed by atoms with van der Waals surface area (Å²) in [7, 11) is 3.09. The number of aromatic nitrogens is 1. The fourth-order valence-electron chi connectivity index (χ4n) is 4.23. The lowest BCUT2D eigenvalue weighted by Gasteiger charge is -2.26. The molecule has 0 fully saturated rings. The number of fused-ring (bicyclic) bond motifs is 1. The van der Waals surface area contributed by atoms with Gasteiger partial charge in [-0.05, 0) is 87.7 Å². The van der Waals surface area contributed by atoms with E-state index in [-0.39, 0.29) is 17.7 Å². The predicted octanol–water partition coefficient (Wildman–Crippen LogP) is 4.91. The third kappa shape index (κ3) is 5.75. The molecule has 1 atom stereocenters. The summed E-state index contributed by atoms with van der Waals surface area (Å²) in [4.78, 5) is 32.2. The Kier molecular flexibility index (Phi) is 9.14. The maximum Gasteiger partial charge on any atom is 0.338 e. The summed E-state index contributed by atoms with van der Waals surface area (Å²) in [6.07, 6.45) is 3.44. The molecule has 0 saturated carbocycles. The average molecular weight is 678 g/mol. The van der Waals surface area contributed by atoms with Crippen molar-refractivity contribution in [2.75, 3.05) is 27.4 Å². The summed E-state index contributed by atoms with van der Waals surface area (Å²) in [5.41, 5.74) is 1.77. The van der Waals surface area contributed by atoms with Crippen LogP contribution in [0.15, 0.2) is 73.0 Å². The highest BCUT2D eigenvalue weighted by Crippen LogP contribution is 2.38. The van der Waals surface area contributed by atoms with Crippen LogP contribution in [0.25, 0.3) is 6.08 Å². The summed E-state index contributed by atoms with van der Waals surface area (Å²) in [5.74, 6) is 1.13. The Morgan fingerprint density at radius 2 is 1.90 bits per heavy atom. The number of carbonyl (C=O) groups excluding carboxylic acids is 1. The first kappa shape index (κ1) is 28.8. The van der Waals surface area contributed by atoms with Gasteiger partial charge in [-0.25, -0.2) is 9.79 Å². The molecule has 0 saturated heterocycles. The van der Waals surface area contributed by atoms with Crippen molar-refractivity contribution >= 4 is 55.2 Å². The molecule has 0 N–H and O–H groups in total. The minimum absolute atomic E-state index is 0.179. The quantitative estimate of drug-likeness (QED) is 0.237. The van der Waals surface area contributed by atoms with Crippen molar-refractivity contribution in [1.29, 1.82) is 0 Å². The molecule has 204 valence electrons. The molecule has 1 aromatic heterocycles. The van der Waals surface area contributed by atoms with Crippen LogP contribution in [0.5, 0.6) is 17.2 Å². The van der Waals surface area contributed by atoms with Gasteiger partial charge in [0.25, 0.3) is 5.56 Å². The second-order valence-electron chi connectivity index (χ2n) is 8.32. The molecule has 11 heteroatoms. The van der Waals surface area contributed by atoms with Crippen molar-refractivity contribution in [3.05, 3.63) is 94.0 Å². The standard InChI is InChI=1S/C28H26Br2N2O6S/c1-6-10-38-25-19(29)11-16(12-20(25)30)13-22-26(33)32-24(18-14-17(35-4)8-9-21(18)36-5)23(27(34)37-7-2)15(3)31-28(32)39-22/h6,8-9,11-14,24H,1,7,10H2,2-5H3/b22-13-/t24-/m0/s1. The number of hydrogen-bond donors (Lipinski definition) is 0. The zero-order valence-corrected chi connectivity index (χ0v) is 25.7. The van der Waals surface area contributed by atoms with Gasteiger partial charge >= 0.3 is 5.97 Å². The molecule has 1 aliphatic heterocycles. The zero-order valence-electron chi connectivity index (χ0n) is 21.7. The monoisotopic (exact) mass is 676 g/mol. The summed E-state index contributed by atoms with van der Waals surface area (Å²) in [6.45, 7) is 7.67. The third-order valence-electron chi connectivity index (χ3n) is 5.91. The van der Waals surface area contributed by atoms with Crippen LogP contribution in [0.3, 0.4) is 0 Å². The molecule has 0 unspecified atom stereocenters. The zero-order chi connectivity index (χ0) is 28.3. The van der Waals surface area contributed by atoms with Gasteiger partial charge in [-0.1, -0.05) is 24.0 Å². The van der Waals surface area contributed by atoms with E-state index in [4.69, 9.17) is 18.9 Å². The van der Waals surface area contributed by atoms with Crippen molar-refractivity contribution in [2.45, 2.75) is 19.9 Å². The van der Waals surface area contributed by atoms with Gasteiger partial charge in [-0.3, -0.25) is 9.36 Å². The summed E-state index contributed by atoms with van der Waals surface area (Å²) < 4.78 is 25.6. The van der Waals surface area contributed by atoms with Gasteiger partial charge in [0.1, 0.15) is 29.9 Å². The van der Waals surface area contributed by atoms with E-state index in [0.717, 1.165) is 14.5 Å². The smallest absolute Gasteiger partial charge is 0.338 e. The van der Waals surface area contributed by atoms with Gasteiger partial charge in [0, 0.05) is 5.56 Å². The highest BCUT2D eigenvalue weighted by Gasteiger charge is 2.35. The Labute approximate surface area is 246 Å². The Hall–Kier alpha value is -3.15. The van der Waals surface area contributed by atoms with Crippen molar-refractivity contribution in [2.24, 2.45) is 4.99 Å². The summed E-state index contributed by atoms with van der Waals surface area (Å²) >= 11 is 8.32. The van der Waals surface area contributed by atoms with Crippen LogP contribution in [0.4, 0.5) is 0 Å². The van der Waals surface area contributed by atoms with Crippen LogP contribution >= 0.6 is 43.2 Å². The lowest BCUT2D eigenvalue weighted by Crippen LogP contribution is -2.40. The van der Waals surface area contributed by atoms with Crippen LogP contribution in [-0.4, -0.2) is 38.0 Å². The van der Waals surface area contributed by atoms with E-state index in [2.05, 4.69) is 43.4 Å². The van der Waals surface area contributed by atoms with E-state index >= 15 is 0 Å². The number of esters is 1. The molecule has 2 heterocycles. The largest absolute Gasteiger partial charge is 0.497 e. The Morgan fingerprint density at radius 3 is 2.51 bits per heavy atom. The minimum atomic E-state index is -0.833. The predicted molar refractivity (Wildman–Crippen MR) is 157 cm³/mol. The van der Waals surface area contributed by atoms with Gasteiger partial charge < -0.3 is 18.9 Å². The van der Waals surface area contributed by atoms with E-state index in [1.165, 1.54) is 23.0 Å². The van der Waals surface area contributed by atoms with Gasteiger partial charge in [0.05, 0.1) is 45.6 Å². The molecule has 0 amide bonds. The number of hydrogen-bond acceptors (Lipinski definition) is 8. The second kappa shape index (κ2) is 12.4. The SMILES string of the molecule is C=CCOc1c(Br)cc(/C=c2\sc3n(c2=O)[C@@H](c2cc(OC)ccc2OC)C(C(=O)OCC)=C(C)N=3)cc1Br. The maximum absolute atomic E-state index is 13.9. The lowest BCUT2D eigenvalue weighted by molar-refractivity contribution is -0.139. The first-order valence-electron chi connectivity index (χ1n) is 11.9. The van der Waals surface area contributed by atoms with Crippen LogP contribution < -0.4 is 29.1 Å². The van der Waals surface area contributed by atoms with Crippen LogP contribution in [-0.2, 0) is 9.53 Å². The molecular weight excluding hydrogens is 652 g/mol. The second-order valence-corrected chi connectivity index (χ2v) is 11.0. The summed E-state index contributed by atoms with van der Waals surface area (Å²) in [5, 5.41) is 0. The van der Waals surface area contributed by atoms with Crippen LogP contribution in [0.2, 0.25) is 0 Å². The summed E-state index contributed by atoms with van der Waals surface area (Å²) in [6, 6.07) is 8.14.